The van der Waals surface area contributed by atoms with Crippen LogP contribution in [0, 0.1) is 0 Å². The summed E-state index contributed by atoms with van der Waals surface area (Å²) < 4.78 is 2.15. The highest BCUT2D eigenvalue weighted by Gasteiger charge is 2.06. The van der Waals surface area contributed by atoms with Crippen molar-refractivity contribution in [2.75, 3.05) is 0 Å². The normalized spacial score (nSPS) is 10.4. The number of aromatic nitrogens is 3. The van der Waals surface area contributed by atoms with Gasteiger partial charge in [0.1, 0.15) is 6.54 Å². The SMILES string of the molecule is Cn1c(=O)ccn(CC(=O)NCc2cc[nH]c2)c1=O. The van der Waals surface area contributed by atoms with Gasteiger partial charge in [-0.05, 0) is 11.6 Å². The van der Waals surface area contributed by atoms with Gasteiger partial charge in [0.25, 0.3) is 5.56 Å². The fourth-order valence-corrected chi connectivity index (χ4v) is 1.62. The number of carbonyl (C=O) groups excluding carboxylic acids is 1. The molecule has 0 atom stereocenters. The molecule has 7 nitrogen and oxygen atoms in total. The molecule has 2 heterocycles. The van der Waals surface area contributed by atoms with Gasteiger partial charge in [-0.2, -0.15) is 0 Å². The van der Waals surface area contributed by atoms with Crippen LogP contribution in [-0.4, -0.2) is 20.0 Å². The number of hydrogen-bond donors (Lipinski definition) is 2. The lowest BCUT2D eigenvalue weighted by Gasteiger charge is -2.07. The highest BCUT2D eigenvalue weighted by Crippen LogP contribution is 1.94. The molecule has 0 saturated heterocycles. The summed E-state index contributed by atoms with van der Waals surface area (Å²) >= 11 is 0. The van der Waals surface area contributed by atoms with Crippen LogP contribution in [0.25, 0.3) is 0 Å². The van der Waals surface area contributed by atoms with Crippen LogP contribution in [0.2, 0.25) is 0 Å². The Kier molecular flexibility index (Phi) is 3.65. The second kappa shape index (κ2) is 5.38. The zero-order valence-electron chi connectivity index (χ0n) is 10.4. The quantitative estimate of drug-likeness (QED) is 0.755. The van der Waals surface area contributed by atoms with E-state index < -0.39 is 11.2 Å². The Balaban J connectivity index is 2.01. The summed E-state index contributed by atoms with van der Waals surface area (Å²) in [6, 6.07) is 3.10. The third kappa shape index (κ3) is 3.01. The minimum Gasteiger partial charge on any atom is -0.367 e. The van der Waals surface area contributed by atoms with Crippen LogP contribution in [0.3, 0.4) is 0 Å². The maximum Gasteiger partial charge on any atom is 0.331 e. The van der Waals surface area contributed by atoms with Gasteiger partial charge in [-0.25, -0.2) is 4.79 Å². The number of hydrogen-bond acceptors (Lipinski definition) is 3. The van der Waals surface area contributed by atoms with Crippen molar-refractivity contribution in [3.63, 3.8) is 0 Å². The number of nitrogens with zero attached hydrogens (tertiary/aromatic N) is 2. The number of carbonyl (C=O) groups is 1. The van der Waals surface area contributed by atoms with E-state index in [0.29, 0.717) is 6.54 Å². The molecule has 0 aromatic carbocycles. The van der Waals surface area contributed by atoms with Crippen LogP contribution in [0.5, 0.6) is 0 Å². The Hall–Kier alpha value is -2.57. The lowest BCUT2D eigenvalue weighted by molar-refractivity contribution is -0.121. The van der Waals surface area contributed by atoms with Crippen LogP contribution in [-0.2, 0) is 24.9 Å². The van der Waals surface area contributed by atoms with Gasteiger partial charge in [0.05, 0.1) is 0 Å². The topological polar surface area (TPSA) is 88.9 Å². The number of nitrogens with one attached hydrogen (secondary N) is 2. The van der Waals surface area contributed by atoms with Crippen molar-refractivity contribution in [3.05, 3.63) is 57.1 Å². The molecule has 0 spiro atoms. The summed E-state index contributed by atoms with van der Waals surface area (Å²) in [4.78, 5) is 37.5. The van der Waals surface area contributed by atoms with Crippen molar-refractivity contribution in [1.82, 2.24) is 19.4 Å². The van der Waals surface area contributed by atoms with Crippen molar-refractivity contribution in [3.8, 4) is 0 Å². The third-order valence-corrected chi connectivity index (χ3v) is 2.73. The van der Waals surface area contributed by atoms with Crippen LogP contribution < -0.4 is 16.6 Å². The number of rotatable bonds is 4. The first-order chi connectivity index (χ1) is 9.08. The van der Waals surface area contributed by atoms with E-state index in [2.05, 4.69) is 10.3 Å². The molecule has 0 aliphatic rings. The average Bonchev–Trinajstić information content (AvgIpc) is 2.90. The second-order valence-corrected chi connectivity index (χ2v) is 4.12. The van der Waals surface area contributed by atoms with Gasteiger partial charge < -0.3 is 10.3 Å². The van der Waals surface area contributed by atoms with Crippen LogP contribution in [0.1, 0.15) is 5.56 Å². The Morgan fingerprint density at radius 1 is 1.37 bits per heavy atom. The van der Waals surface area contributed by atoms with Gasteiger partial charge in [-0.3, -0.25) is 18.7 Å². The standard InChI is InChI=1S/C12H14N4O3/c1-15-11(18)3-5-16(12(15)19)8-10(17)14-7-9-2-4-13-6-9/h2-6,13H,7-8H2,1H3,(H,14,17). The van der Waals surface area contributed by atoms with Crippen molar-refractivity contribution in [2.24, 2.45) is 7.05 Å². The highest BCUT2D eigenvalue weighted by molar-refractivity contribution is 5.75. The first-order valence-corrected chi connectivity index (χ1v) is 5.73. The van der Waals surface area contributed by atoms with Gasteiger partial charge in [0.2, 0.25) is 5.91 Å². The molecule has 0 aliphatic carbocycles. The van der Waals surface area contributed by atoms with Crippen molar-refractivity contribution in [2.45, 2.75) is 13.1 Å². The maximum atomic E-state index is 11.7. The first-order valence-electron chi connectivity index (χ1n) is 5.73. The molecule has 0 bridgehead atoms. The zero-order chi connectivity index (χ0) is 13.8. The van der Waals surface area contributed by atoms with Crippen LogP contribution in [0.4, 0.5) is 0 Å². The molecule has 100 valence electrons. The Morgan fingerprint density at radius 3 is 2.84 bits per heavy atom. The molecular formula is C12H14N4O3. The number of amides is 1. The van der Waals surface area contributed by atoms with Gasteiger partial charge >= 0.3 is 5.69 Å². The molecule has 2 aromatic heterocycles. The fourth-order valence-electron chi connectivity index (χ4n) is 1.62. The third-order valence-electron chi connectivity index (χ3n) is 2.73. The summed E-state index contributed by atoms with van der Waals surface area (Å²) in [5.74, 6) is -0.290. The lowest BCUT2D eigenvalue weighted by Crippen LogP contribution is -2.40. The van der Waals surface area contributed by atoms with E-state index in [-0.39, 0.29) is 12.5 Å². The second-order valence-electron chi connectivity index (χ2n) is 4.12. The molecule has 2 aromatic rings. The summed E-state index contributed by atoms with van der Waals surface area (Å²) in [7, 11) is 1.37. The van der Waals surface area contributed by atoms with E-state index in [1.165, 1.54) is 23.9 Å². The van der Waals surface area contributed by atoms with E-state index in [1.807, 2.05) is 6.07 Å². The molecule has 0 radical (unpaired) electrons. The molecule has 0 fully saturated rings. The van der Waals surface area contributed by atoms with E-state index in [9.17, 15) is 14.4 Å². The first kappa shape index (κ1) is 12.9. The minimum atomic E-state index is -0.510. The lowest BCUT2D eigenvalue weighted by atomic mass is 10.3. The molecule has 0 saturated carbocycles. The monoisotopic (exact) mass is 262 g/mol. The van der Waals surface area contributed by atoms with E-state index in [4.69, 9.17) is 0 Å². The van der Waals surface area contributed by atoms with E-state index >= 15 is 0 Å². The molecule has 0 aliphatic heterocycles. The average molecular weight is 262 g/mol. The van der Waals surface area contributed by atoms with E-state index in [0.717, 1.165) is 10.1 Å². The Labute approximate surface area is 108 Å². The van der Waals surface area contributed by atoms with Gasteiger partial charge in [-0.15, -0.1) is 0 Å². The predicted octanol–water partition coefficient (Wildman–Crippen LogP) is -0.808. The minimum absolute atomic E-state index is 0.114. The van der Waals surface area contributed by atoms with E-state index in [1.54, 1.807) is 12.4 Å². The van der Waals surface area contributed by atoms with Crippen molar-refractivity contribution in [1.29, 1.82) is 0 Å². The Bertz CT molecular complexity index is 682. The van der Waals surface area contributed by atoms with Gasteiger partial charge in [0.15, 0.2) is 0 Å². The fraction of sp³-hybridized carbons (Fsp3) is 0.250. The molecule has 2 rings (SSSR count). The molecule has 19 heavy (non-hydrogen) atoms. The molecule has 7 heteroatoms. The van der Waals surface area contributed by atoms with Gasteiger partial charge in [0, 0.05) is 38.2 Å². The predicted molar refractivity (Wildman–Crippen MR) is 68.6 cm³/mol. The Morgan fingerprint density at radius 2 is 2.16 bits per heavy atom. The molecular weight excluding hydrogens is 248 g/mol. The number of aromatic amines is 1. The highest BCUT2D eigenvalue weighted by atomic mass is 16.2. The maximum absolute atomic E-state index is 11.7. The van der Waals surface area contributed by atoms with Crippen LogP contribution >= 0.6 is 0 Å². The van der Waals surface area contributed by atoms with Crippen LogP contribution in [0.15, 0.2) is 40.3 Å². The van der Waals surface area contributed by atoms with Crippen molar-refractivity contribution >= 4 is 5.91 Å². The molecule has 0 unspecified atom stereocenters. The van der Waals surface area contributed by atoms with Crippen molar-refractivity contribution < 1.29 is 4.79 Å². The number of H-pyrrole nitrogens is 1. The summed E-state index contributed by atoms with van der Waals surface area (Å²) in [6.07, 6.45) is 4.86. The molecule has 2 N–H and O–H groups in total. The largest absolute Gasteiger partial charge is 0.367 e. The summed E-state index contributed by atoms with van der Waals surface area (Å²) in [5, 5.41) is 2.69. The van der Waals surface area contributed by atoms with Gasteiger partial charge in [-0.1, -0.05) is 0 Å². The molecule has 1 amide bonds. The smallest absolute Gasteiger partial charge is 0.331 e. The summed E-state index contributed by atoms with van der Waals surface area (Å²) in [5.41, 5.74) is 0.0411. The zero-order valence-corrected chi connectivity index (χ0v) is 10.4. The summed E-state index contributed by atoms with van der Waals surface area (Å²) in [6.45, 7) is 0.278.